The fraction of sp³-hybridized carbons (Fsp3) is 0.312. The molecule has 3 aromatic carbocycles. The summed E-state index contributed by atoms with van der Waals surface area (Å²) >= 11 is 0. The lowest BCUT2D eigenvalue weighted by atomic mass is 10.1. The molecule has 0 radical (unpaired) electrons. The van der Waals surface area contributed by atoms with Gasteiger partial charge in [-0.1, -0.05) is 55.8 Å². The Kier molecular flexibility index (Phi) is 9.62. The number of methoxy groups -OCH3 is 1. The average Bonchev–Trinajstić information content (AvgIpc) is 2.96. The van der Waals surface area contributed by atoms with E-state index in [1.807, 2.05) is 57.2 Å². The summed E-state index contributed by atoms with van der Waals surface area (Å²) in [5, 5.41) is 0.440. The molecular formula is C32H36N2O6S. The lowest BCUT2D eigenvalue weighted by Gasteiger charge is -2.28. The van der Waals surface area contributed by atoms with Crippen molar-refractivity contribution in [3.8, 4) is 5.75 Å². The minimum atomic E-state index is -3.99. The Hall–Kier alpha value is -3.95. The second-order valence-electron chi connectivity index (χ2n) is 10.5. The van der Waals surface area contributed by atoms with Gasteiger partial charge in [-0.2, -0.15) is 4.31 Å². The smallest absolute Gasteiger partial charge is 0.243 e. The summed E-state index contributed by atoms with van der Waals surface area (Å²) in [7, 11) is -2.48. The minimum absolute atomic E-state index is 0.0272. The zero-order valence-corrected chi connectivity index (χ0v) is 24.7. The van der Waals surface area contributed by atoms with Crippen LogP contribution in [0.2, 0.25) is 0 Å². The van der Waals surface area contributed by atoms with Crippen LogP contribution in [-0.2, 0) is 27.9 Å². The lowest BCUT2D eigenvalue weighted by molar-refractivity contribution is -0.132. The molecule has 0 N–H and O–H groups in total. The first-order valence-corrected chi connectivity index (χ1v) is 15.0. The molecular weight excluding hydrogens is 540 g/mol. The van der Waals surface area contributed by atoms with E-state index in [0.717, 1.165) is 11.1 Å². The van der Waals surface area contributed by atoms with E-state index in [9.17, 15) is 18.0 Å². The molecule has 4 aromatic rings. The number of aryl methyl sites for hydroxylation is 1. The second kappa shape index (κ2) is 13.1. The van der Waals surface area contributed by atoms with E-state index < -0.39 is 15.9 Å². The van der Waals surface area contributed by atoms with Crippen molar-refractivity contribution >= 4 is 26.9 Å². The van der Waals surface area contributed by atoms with Crippen LogP contribution in [0.1, 0.15) is 37.0 Å². The molecule has 0 atom stereocenters. The van der Waals surface area contributed by atoms with Gasteiger partial charge in [0.15, 0.2) is 5.43 Å². The molecule has 0 saturated carbocycles. The van der Waals surface area contributed by atoms with Gasteiger partial charge in [-0.05, 0) is 61.2 Å². The van der Waals surface area contributed by atoms with Crippen molar-refractivity contribution < 1.29 is 22.4 Å². The van der Waals surface area contributed by atoms with Gasteiger partial charge in [0.1, 0.15) is 11.3 Å². The van der Waals surface area contributed by atoms with Crippen LogP contribution in [0.25, 0.3) is 11.0 Å². The standard InChI is InChI=1S/C32H36N2O6S/c1-23(2)16-17-34(41(37,38)28-13-11-27(39-4)12-14-28)21-31(35)33(19-25-8-6-5-7-9-25)20-26-22-40-30-15-10-24(3)18-29(30)32(26)36/h5-15,18,22-23H,16-17,19-21H2,1-4H3. The molecule has 0 spiro atoms. The molecule has 216 valence electrons. The fourth-order valence-corrected chi connectivity index (χ4v) is 5.87. The number of rotatable bonds is 12. The molecule has 0 saturated heterocycles. The van der Waals surface area contributed by atoms with Crippen molar-refractivity contribution in [1.82, 2.24) is 9.21 Å². The number of benzene rings is 3. The topological polar surface area (TPSA) is 97.1 Å². The maximum absolute atomic E-state index is 13.9. The fourth-order valence-electron chi connectivity index (χ4n) is 4.47. The second-order valence-corrected chi connectivity index (χ2v) is 12.5. The number of amides is 1. The van der Waals surface area contributed by atoms with Gasteiger partial charge in [-0.15, -0.1) is 0 Å². The summed E-state index contributed by atoms with van der Waals surface area (Å²) in [4.78, 5) is 28.8. The van der Waals surface area contributed by atoms with Gasteiger partial charge in [-0.25, -0.2) is 8.42 Å². The quantitative estimate of drug-likeness (QED) is 0.225. The minimum Gasteiger partial charge on any atom is -0.497 e. The van der Waals surface area contributed by atoms with Crippen LogP contribution in [0, 0.1) is 12.8 Å². The molecule has 0 aliphatic carbocycles. The summed E-state index contributed by atoms with van der Waals surface area (Å²) in [6.07, 6.45) is 1.96. The summed E-state index contributed by atoms with van der Waals surface area (Å²) < 4.78 is 39.5. The van der Waals surface area contributed by atoms with Crippen LogP contribution in [0.15, 0.2) is 93.2 Å². The van der Waals surface area contributed by atoms with Crippen LogP contribution >= 0.6 is 0 Å². The molecule has 0 unspecified atom stereocenters. The van der Waals surface area contributed by atoms with E-state index >= 15 is 0 Å². The van der Waals surface area contributed by atoms with Crippen molar-refractivity contribution in [3.63, 3.8) is 0 Å². The maximum atomic E-state index is 13.9. The predicted molar refractivity (Wildman–Crippen MR) is 159 cm³/mol. The lowest BCUT2D eigenvalue weighted by Crippen LogP contribution is -2.43. The zero-order valence-electron chi connectivity index (χ0n) is 23.9. The Morgan fingerprint density at radius 3 is 2.34 bits per heavy atom. The van der Waals surface area contributed by atoms with Crippen molar-refractivity contribution in [2.75, 3.05) is 20.2 Å². The molecule has 8 nitrogen and oxygen atoms in total. The monoisotopic (exact) mass is 576 g/mol. The third kappa shape index (κ3) is 7.42. The molecule has 1 amide bonds. The Morgan fingerprint density at radius 1 is 0.976 bits per heavy atom. The Balaban J connectivity index is 1.67. The third-order valence-corrected chi connectivity index (χ3v) is 8.75. The average molecular weight is 577 g/mol. The van der Waals surface area contributed by atoms with E-state index in [4.69, 9.17) is 9.15 Å². The number of nitrogens with zero attached hydrogens (tertiary/aromatic N) is 2. The molecule has 0 aliphatic rings. The van der Waals surface area contributed by atoms with Crippen LogP contribution in [-0.4, -0.2) is 43.7 Å². The number of carbonyl (C=O) groups excluding carboxylic acids is 1. The molecule has 4 rings (SSSR count). The number of carbonyl (C=O) groups is 1. The van der Waals surface area contributed by atoms with Crippen molar-refractivity contribution in [2.45, 2.75) is 45.2 Å². The Bertz CT molecular complexity index is 1650. The Morgan fingerprint density at radius 2 is 1.68 bits per heavy atom. The van der Waals surface area contributed by atoms with Gasteiger partial charge in [-0.3, -0.25) is 9.59 Å². The van der Waals surface area contributed by atoms with Crippen molar-refractivity contribution in [1.29, 1.82) is 0 Å². The molecule has 9 heteroatoms. The van der Waals surface area contributed by atoms with Crippen molar-refractivity contribution in [3.05, 3.63) is 106 Å². The molecule has 0 bridgehead atoms. The van der Waals surface area contributed by atoms with Gasteiger partial charge in [0.2, 0.25) is 15.9 Å². The van der Waals surface area contributed by atoms with Crippen LogP contribution in [0.3, 0.4) is 0 Å². The largest absolute Gasteiger partial charge is 0.497 e. The molecule has 1 aromatic heterocycles. The highest BCUT2D eigenvalue weighted by Gasteiger charge is 2.29. The Labute approximate surface area is 241 Å². The van der Waals surface area contributed by atoms with Crippen LogP contribution < -0.4 is 10.2 Å². The zero-order chi connectivity index (χ0) is 29.6. The van der Waals surface area contributed by atoms with E-state index in [1.54, 1.807) is 24.3 Å². The summed E-state index contributed by atoms with van der Waals surface area (Å²) in [5.74, 6) is 0.343. The first-order chi connectivity index (χ1) is 19.6. The summed E-state index contributed by atoms with van der Waals surface area (Å²) in [6, 6.07) is 20.9. The van der Waals surface area contributed by atoms with Gasteiger partial charge < -0.3 is 14.1 Å². The number of sulfonamides is 1. The highest BCUT2D eigenvalue weighted by molar-refractivity contribution is 7.89. The van der Waals surface area contributed by atoms with Gasteiger partial charge in [0, 0.05) is 13.1 Å². The number of hydrogen-bond donors (Lipinski definition) is 0. The highest BCUT2D eigenvalue weighted by atomic mass is 32.2. The SMILES string of the molecule is COc1ccc(S(=O)(=O)N(CCC(C)C)CC(=O)N(Cc2ccccc2)Cc2coc3ccc(C)cc3c2=O)cc1. The predicted octanol–water partition coefficient (Wildman–Crippen LogP) is 5.38. The number of fused-ring (bicyclic) bond motifs is 1. The van der Waals surface area contributed by atoms with Crippen LogP contribution in [0.5, 0.6) is 5.75 Å². The summed E-state index contributed by atoms with van der Waals surface area (Å²) in [5.41, 5.74) is 2.34. The van der Waals surface area contributed by atoms with Crippen molar-refractivity contribution in [2.24, 2.45) is 5.92 Å². The van der Waals surface area contributed by atoms with Gasteiger partial charge in [0.05, 0.1) is 42.3 Å². The van der Waals surface area contributed by atoms with Gasteiger partial charge >= 0.3 is 0 Å². The van der Waals surface area contributed by atoms with E-state index in [-0.39, 0.29) is 42.4 Å². The van der Waals surface area contributed by atoms with Crippen LogP contribution in [0.4, 0.5) is 0 Å². The first kappa shape index (κ1) is 30.0. The normalized spacial score (nSPS) is 11.8. The highest BCUT2D eigenvalue weighted by Crippen LogP contribution is 2.22. The molecule has 0 fully saturated rings. The van der Waals surface area contributed by atoms with E-state index in [2.05, 4.69) is 0 Å². The summed E-state index contributed by atoms with van der Waals surface area (Å²) in [6.45, 7) is 5.88. The first-order valence-electron chi connectivity index (χ1n) is 13.6. The third-order valence-electron chi connectivity index (χ3n) is 6.89. The van der Waals surface area contributed by atoms with Gasteiger partial charge in [0.25, 0.3) is 0 Å². The van der Waals surface area contributed by atoms with E-state index in [1.165, 1.54) is 34.7 Å². The molecule has 0 aliphatic heterocycles. The number of ether oxygens (including phenoxy) is 1. The maximum Gasteiger partial charge on any atom is 0.243 e. The van der Waals surface area contributed by atoms with E-state index in [0.29, 0.717) is 28.7 Å². The molecule has 41 heavy (non-hydrogen) atoms. The number of hydrogen-bond acceptors (Lipinski definition) is 6. The molecule has 1 heterocycles.